The molecule has 2 heterocycles. The number of aromatic nitrogens is 1. The number of hydrogen-bond acceptors (Lipinski definition) is 3. The van der Waals surface area contributed by atoms with Gasteiger partial charge in [0.15, 0.2) is 0 Å². The lowest BCUT2D eigenvalue weighted by Crippen LogP contribution is -2.26. The molecule has 1 amide bonds. The molecule has 0 radical (unpaired) electrons. The Labute approximate surface area is 145 Å². The first-order valence-electron chi connectivity index (χ1n) is 7.94. The standard InChI is InChI=1S/C19H20N2O4/c1-10-5-11(2)14-8-17(20-16(14)6-10)18(22)21(4)9-13-7-15(19(23)24)12(3)25-13/h5-8,20H,9H2,1-4H3,(H,23,24). The second-order valence-electron chi connectivity index (χ2n) is 6.38. The molecule has 0 spiro atoms. The highest BCUT2D eigenvalue weighted by molar-refractivity contribution is 5.99. The fourth-order valence-corrected chi connectivity index (χ4v) is 3.06. The number of aromatic carboxylic acids is 1. The molecule has 1 aromatic carbocycles. The van der Waals surface area contributed by atoms with Gasteiger partial charge in [-0.2, -0.15) is 0 Å². The van der Waals surface area contributed by atoms with Gasteiger partial charge in [-0.3, -0.25) is 4.79 Å². The minimum atomic E-state index is -1.04. The van der Waals surface area contributed by atoms with Gasteiger partial charge in [-0.1, -0.05) is 6.07 Å². The van der Waals surface area contributed by atoms with Gasteiger partial charge in [0.25, 0.3) is 5.91 Å². The number of nitrogens with zero attached hydrogens (tertiary/aromatic N) is 1. The zero-order chi connectivity index (χ0) is 18.3. The summed E-state index contributed by atoms with van der Waals surface area (Å²) in [7, 11) is 1.66. The zero-order valence-corrected chi connectivity index (χ0v) is 14.6. The number of rotatable bonds is 4. The summed E-state index contributed by atoms with van der Waals surface area (Å²) in [6, 6.07) is 7.39. The number of fused-ring (bicyclic) bond motifs is 1. The molecule has 2 N–H and O–H groups in total. The van der Waals surface area contributed by atoms with Crippen molar-refractivity contribution in [3.63, 3.8) is 0 Å². The topological polar surface area (TPSA) is 86.5 Å². The molecule has 0 unspecified atom stereocenters. The van der Waals surface area contributed by atoms with E-state index in [1.807, 2.05) is 26.0 Å². The third kappa shape index (κ3) is 3.15. The number of aryl methyl sites for hydroxylation is 3. The van der Waals surface area contributed by atoms with Crippen LogP contribution < -0.4 is 0 Å². The number of benzene rings is 1. The first kappa shape index (κ1) is 16.8. The molecular weight excluding hydrogens is 320 g/mol. The van der Waals surface area contributed by atoms with E-state index in [9.17, 15) is 9.59 Å². The number of hydrogen-bond donors (Lipinski definition) is 2. The highest BCUT2D eigenvalue weighted by Gasteiger charge is 2.19. The van der Waals surface area contributed by atoms with E-state index >= 15 is 0 Å². The van der Waals surface area contributed by atoms with Crippen molar-refractivity contribution in [2.24, 2.45) is 0 Å². The summed E-state index contributed by atoms with van der Waals surface area (Å²) >= 11 is 0. The Bertz CT molecular complexity index is 981. The average Bonchev–Trinajstić information content (AvgIpc) is 3.10. The first-order chi connectivity index (χ1) is 11.8. The summed E-state index contributed by atoms with van der Waals surface area (Å²) in [5, 5.41) is 10.1. The van der Waals surface area contributed by atoms with Crippen molar-refractivity contribution in [1.29, 1.82) is 0 Å². The summed E-state index contributed by atoms with van der Waals surface area (Å²) in [4.78, 5) is 28.4. The van der Waals surface area contributed by atoms with Crippen LogP contribution in [0.3, 0.4) is 0 Å². The molecule has 0 fully saturated rings. The Hall–Kier alpha value is -3.02. The van der Waals surface area contributed by atoms with E-state index in [0.29, 0.717) is 17.2 Å². The van der Waals surface area contributed by atoms with Crippen LogP contribution in [-0.2, 0) is 6.54 Å². The smallest absolute Gasteiger partial charge is 0.339 e. The highest BCUT2D eigenvalue weighted by atomic mass is 16.4. The molecule has 0 aliphatic rings. The molecule has 0 aliphatic carbocycles. The number of nitrogens with one attached hydrogen (secondary N) is 1. The van der Waals surface area contributed by atoms with Crippen molar-refractivity contribution < 1.29 is 19.1 Å². The molecule has 3 rings (SSSR count). The van der Waals surface area contributed by atoms with Crippen LogP contribution in [0.25, 0.3) is 10.9 Å². The Morgan fingerprint density at radius 2 is 1.88 bits per heavy atom. The van der Waals surface area contributed by atoms with Crippen molar-refractivity contribution >= 4 is 22.8 Å². The van der Waals surface area contributed by atoms with Crippen LogP contribution in [0.2, 0.25) is 0 Å². The molecular formula is C19H20N2O4. The van der Waals surface area contributed by atoms with E-state index in [1.165, 1.54) is 11.0 Å². The fraction of sp³-hybridized carbons (Fsp3) is 0.263. The molecule has 6 nitrogen and oxygen atoms in total. The molecule has 0 atom stereocenters. The predicted molar refractivity (Wildman–Crippen MR) is 94.0 cm³/mol. The summed E-state index contributed by atoms with van der Waals surface area (Å²) in [5.41, 5.74) is 3.78. The van der Waals surface area contributed by atoms with Crippen molar-refractivity contribution in [2.75, 3.05) is 7.05 Å². The Morgan fingerprint density at radius 1 is 1.16 bits per heavy atom. The van der Waals surface area contributed by atoms with Crippen molar-refractivity contribution in [2.45, 2.75) is 27.3 Å². The monoisotopic (exact) mass is 340 g/mol. The zero-order valence-electron chi connectivity index (χ0n) is 14.6. The van der Waals surface area contributed by atoms with Gasteiger partial charge in [-0.25, -0.2) is 4.79 Å². The summed E-state index contributed by atoms with van der Waals surface area (Å²) in [6.45, 7) is 5.82. The van der Waals surface area contributed by atoms with Crippen LogP contribution in [-0.4, -0.2) is 33.9 Å². The average molecular weight is 340 g/mol. The Morgan fingerprint density at radius 3 is 2.52 bits per heavy atom. The third-order valence-corrected chi connectivity index (χ3v) is 4.26. The molecule has 0 saturated heterocycles. The van der Waals surface area contributed by atoms with Gasteiger partial charge in [-0.15, -0.1) is 0 Å². The number of carbonyl (C=O) groups excluding carboxylic acids is 1. The number of carboxylic acids is 1. The SMILES string of the molecule is Cc1cc(C)c2cc(C(=O)N(C)Cc3cc(C(=O)O)c(C)o3)[nH]c2c1. The predicted octanol–water partition coefficient (Wildman–Crippen LogP) is 3.66. The number of H-pyrrole nitrogens is 1. The van der Waals surface area contributed by atoms with Crippen molar-refractivity contribution in [3.8, 4) is 0 Å². The van der Waals surface area contributed by atoms with Gasteiger partial charge in [0.1, 0.15) is 22.8 Å². The molecule has 25 heavy (non-hydrogen) atoms. The van der Waals surface area contributed by atoms with Crippen LogP contribution in [0.5, 0.6) is 0 Å². The lowest BCUT2D eigenvalue weighted by atomic mass is 10.1. The third-order valence-electron chi connectivity index (χ3n) is 4.26. The van der Waals surface area contributed by atoms with Gasteiger partial charge < -0.3 is 19.4 Å². The number of carbonyl (C=O) groups is 2. The molecule has 3 aromatic rings. The second kappa shape index (κ2) is 6.12. The molecule has 130 valence electrons. The molecule has 2 aromatic heterocycles. The number of aromatic amines is 1. The second-order valence-corrected chi connectivity index (χ2v) is 6.38. The van der Waals surface area contributed by atoms with Crippen LogP contribution >= 0.6 is 0 Å². The molecule has 6 heteroatoms. The van der Waals surface area contributed by atoms with Gasteiger partial charge in [0.2, 0.25) is 0 Å². The van der Waals surface area contributed by atoms with E-state index in [2.05, 4.69) is 11.1 Å². The summed E-state index contributed by atoms with van der Waals surface area (Å²) in [6.07, 6.45) is 0. The number of furan rings is 1. The van der Waals surface area contributed by atoms with Gasteiger partial charge in [-0.05, 0) is 50.1 Å². The van der Waals surface area contributed by atoms with E-state index in [0.717, 1.165) is 22.0 Å². The van der Waals surface area contributed by atoms with Gasteiger partial charge in [0, 0.05) is 18.0 Å². The Kier molecular flexibility index (Phi) is 4.12. The van der Waals surface area contributed by atoms with Crippen molar-refractivity contribution in [1.82, 2.24) is 9.88 Å². The molecule has 0 bridgehead atoms. The van der Waals surface area contributed by atoms with Gasteiger partial charge >= 0.3 is 5.97 Å². The van der Waals surface area contributed by atoms with E-state index < -0.39 is 5.97 Å². The van der Waals surface area contributed by atoms with E-state index in [-0.39, 0.29) is 18.0 Å². The fourth-order valence-electron chi connectivity index (χ4n) is 3.06. The normalized spacial score (nSPS) is 11.0. The van der Waals surface area contributed by atoms with E-state index in [4.69, 9.17) is 9.52 Å². The lowest BCUT2D eigenvalue weighted by Gasteiger charge is -2.14. The maximum Gasteiger partial charge on any atom is 0.339 e. The van der Waals surface area contributed by atoms with Crippen LogP contribution in [0.15, 0.2) is 28.7 Å². The lowest BCUT2D eigenvalue weighted by molar-refractivity contribution is 0.0694. The highest BCUT2D eigenvalue weighted by Crippen LogP contribution is 2.23. The molecule has 0 saturated carbocycles. The van der Waals surface area contributed by atoms with Crippen LogP contribution in [0.4, 0.5) is 0 Å². The van der Waals surface area contributed by atoms with Crippen LogP contribution in [0, 0.1) is 20.8 Å². The quantitative estimate of drug-likeness (QED) is 0.759. The maximum absolute atomic E-state index is 12.7. The van der Waals surface area contributed by atoms with Crippen molar-refractivity contribution in [3.05, 3.63) is 58.2 Å². The summed E-state index contributed by atoms with van der Waals surface area (Å²) < 4.78 is 5.44. The van der Waals surface area contributed by atoms with E-state index in [1.54, 1.807) is 14.0 Å². The Balaban J connectivity index is 1.84. The number of carboxylic acid groups (broad SMARTS) is 1. The first-order valence-corrected chi connectivity index (χ1v) is 7.94. The number of amides is 1. The summed E-state index contributed by atoms with van der Waals surface area (Å²) in [5.74, 6) is -0.448. The maximum atomic E-state index is 12.7. The van der Waals surface area contributed by atoms with Gasteiger partial charge in [0.05, 0.1) is 6.54 Å². The minimum Gasteiger partial charge on any atom is -0.478 e. The van der Waals surface area contributed by atoms with Crippen LogP contribution in [0.1, 0.15) is 43.5 Å². The molecule has 0 aliphatic heterocycles. The largest absolute Gasteiger partial charge is 0.478 e. The minimum absolute atomic E-state index is 0.118.